The normalized spacial score (nSPS) is 13.7. The molecule has 0 saturated carbocycles. The molecule has 2 unspecified atom stereocenters. The zero-order valence-electron chi connectivity index (χ0n) is 10.3. The number of benzene rings is 1. The van der Waals surface area contributed by atoms with Crippen LogP contribution in [0.1, 0.15) is 34.8 Å². The van der Waals surface area contributed by atoms with Gasteiger partial charge in [-0.1, -0.05) is 0 Å². The van der Waals surface area contributed by atoms with Crippen LogP contribution in [0.15, 0.2) is 12.1 Å². The molecule has 0 saturated heterocycles. The molecule has 18 heavy (non-hydrogen) atoms. The number of aliphatic hydroxyl groups excluding tert-OH is 2. The number of hydrogen-bond donors (Lipinski definition) is 3. The zero-order chi connectivity index (χ0) is 13.9. The molecule has 4 N–H and O–H groups in total. The molecule has 0 bridgehead atoms. The van der Waals surface area contributed by atoms with Crippen molar-refractivity contribution in [1.29, 1.82) is 5.26 Å². The quantitative estimate of drug-likeness (QED) is 0.718. The number of nitrogens with zero attached hydrogens (tertiary/aromatic N) is 1. The van der Waals surface area contributed by atoms with Crippen LogP contribution in [0, 0.1) is 25.2 Å². The second-order valence-corrected chi connectivity index (χ2v) is 4.32. The van der Waals surface area contributed by atoms with E-state index >= 15 is 0 Å². The monoisotopic (exact) mass is 248 g/mol. The summed E-state index contributed by atoms with van der Waals surface area (Å²) >= 11 is 0. The molecule has 0 fully saturated rings. The molecule has 0 aliphatic rings. The number of nitriles is 1. The summed E-state index contributed by atoms with van der Waals surface area (Å²) in [6.45, 7) is 3.48. The number of hydrogen-bond acceptors (Lipinski definition) is 4. The van der Waals surface area contributed by atoms with E-state index in [-0.39, 0.29) is 6.42 Å². The van der Waals surface area contributed by atoms with E-state index in [0.29, 0.717) is 22.3 Å². The second kappa shape index (κ2) is 5.63. The van der Waals surface area contributed by atoms with E-state index < -0.39 is 18.1 Å². The lowest BCUT2D eigenvalue weighted by atomic mass is 9.92. The van der Waals surface area contributed by atoms with Crippen LogP contribution in [-0.4, -0.2) is 22.2 Å². The first-order chi connectivity index (χ1) is 8.36. The molecule has 2 atom stereocenters. The molecule has 1 aromatic carbocycles. The molecule has 1 rings (SSSR count). The van der Waals surface area contributed by atoms with Crippen LogP contribution in [0.5, 0.6) is 0 Å². The highest BCUT2D eigenvalue weighted by atomic mass is 16.3. The summed E-state index contributed by atoms with van der Waals surface area (Å²) in [5, 5.41) is 28.5. The van der Waals surface area contributed by atoms with Gasteiger partial charge < -0.3 is 15.9 Å². The average molecular weight is 248 g/mol. The van der Waals surface area contributed by atoms with Crippen molar-refractivity contribution in [2.24, 2.45) is 5.73 Å². The second-order valence-electron chi connectivity index (χ2n) is 4.32. The van der Waals surface area contributed by atoms with Crippen LogP contribution in [0.2, 0.25) is 0 Å². The first kappa shape index (κ1) is 14.2. The highest BCUT2D eigenvalue weighted by Gasteiger charge is 2.23. The van der Waals surface area contributed by atoms with Gasteiger partial charge in [0.25, 0.3) is 0 Å². The third-order valence-electron chi connectivity index (χ3n) is 2.79. The van der Waals surface area contributed by atoms with Crippen LogP contribution < -0.4 is 5.73 Å². The largest absolute Gasteiger partial charge is 0.390 e. The maximum absolute atomic E-state index is 10.7. The van der Waals surface area contributed by atoms with Gasteiger partial charge in [0.2, 0.25) is 5.91 Å². The van der Waals surface area contributed by atoms with Gasteiger partial charge in [-0.25, -0.2) is 0 Å². The third kappa shape index (κ3) is 3.06. The van der Waals surface area contributed by atoms with Crippen molar-refractivity contribution in [2.75, 3.05) is 0 Å². The minimum atomic E-state index is -1.24. The average Bonchev–Trinajstić information content (AvgIpc) is 2.26. The molecule has 0 aromatic heterocycles. The molecular formula is C13H16N2O3. The summed E-state index contributed by atoms with van der Waals surface area (Å²) in [7, 11) is 0. The molecular weight excluding hydrogens is 232 g/mol. The Labute approximate surface area is 105 Å². The lowest BCUT2D eigenvalue weighted by Gasteiger charge is -2.21. The Hall–Kier alpha value is -1.90. The number of rotatable bonds is 4. The van der Waals surface area contributed by atoms with Gasteiger partial charge in [-0.2, -0.15) is 5.26 Å². The van der Waals surface area contributed by atoms with E-state index in [9.17, 15) is 15.0 Å². The smallest absolute Gasteiger partial charge is 0.220 e. The Balaban J connectivity index is 3.10. The van der Waals surface area contributed by atoms with Crippen molar-refractivity contribution in [3.63, 3.8) is 0 Å². The van der Waals surface area contributed by atoms with Crippen molar-refractivity contribution in [2.45, 2.75) is 32.5 Å². The molecule has 5 heteroatoms. The van der Waals surface area contributed by atoms with Crippen LogP contribution in [-0.2, 0) is 4.79 Å². The van der Waals surface area contributed by atoms with E-state index in [0.717, 1.165) is 0 Å². The fraction of sp³-hybridized carbons (Fsp3) is 0.385. The van der Waals surface area contributed by atoms with Gasteiger partial charge in [-0.15, -0.1) is 0 Å². The minimum absolute atomic E-state index is 0.306. The zero-order valence-corrected chi connectivity index (χ0v) is 10.3. The maximum atomic E-state index is 10.7. The van der Waals surface area contributed by atoms with E-state index in [1.807, 2.05) is 6.07 Å². The van der Waals surface area contributed by atoms with Gasteiger partial charge in [0.15, 0.2) is 0 Å². The summed E-state index contributed by atoms with van der Waals surface area (Å²) in [4.78, 5) is 10.7. The number of carbonyl (C=O) groups excluding carboxylic acids is 1. The van der Waals surface area contributed by atoms with Gasteiger partial charge in [-0.05, 0) is 42.7 Å². The molecule has 0 aliphatic heterocycles. The molecule has 1 aromatic rings. The van der Waals surface area contributed by atoms with Gasteiger partial charge >= 0.3 is 0 Å². The van der Waals surface area contributed by atoms with E-state index in [4.69, 9.17) is 11.0 Å². The minimum Gasteiger partial charge on any atom is -0.390 e. The SMILES string of the molecule is Cc1cc(C#N)cc(C)c1C(O)C(O)CC(N)=O. The molecule has 0 spiro atoms. The molecule has 0 radical (unpaired) electrons. The van der Waals surface area contributed by atoms with Crippen LogP contribution in [0.3, 0.4) is 0 Å². The third-order valence-corrected chi connectivity index (χ3v) is 2.79. The van der Waals surface area contributed by atoms with Crippen molar-refractivity contribution in [3.8, 4) is 6.07 Å². The van der Waals surface area contributed by atoms with Crippen molar-refractivity contribution >= 4 is 5.91 Å². The number of aryl methyl sites for hydroxylation is 2. The maximum Gasteiger partial charge on any atom is 0.220 e. The standard InChI is InChI=1S/C13H16N2O3/c1-7-3-9(6-14)4-8(2)12(7)13(18)10(16)5-11(15)17/h3-4,10,13,16,18H,5H2,1-2H3,(H2,15,17). The number of primary amides is 1. The van der Waals surface area contributed by atoms with Crippen LogP contribution >= 0.6 is 0 Å². The van der Waals surface area contributed by atoms with Crippen LogP contribution in [0.4, 0.5) is 0 Å². The van der Waals surface area contributed by atoms with Crippen molar-refractivity contribution in [3.05, 3.63) is 34.4 Å². The van der Waals surface area contributed by atoms with Crippen LogP contribution in [0.25, 0.3) is 0 Å². The first-order valence-electron chi connectivity index (χ1n) is 5.52. The van der Waals surface area contributed by atoms with E-state index in [1.165, 1.54) is 0 Å². The Morgan fingerprint density at radius 3 is 2.28 bits per heavy atom. The van der Waals surface area contributed by atoms with Crippen molar-refractivity contribution in [1.82, 2.24) is 0 Å². The van der Waals surface area contributed by atoms with E-state index in [1.54, 1.807) is 26.0 Å². The summed E-state index contributed by atoms with van der Waals surface area (Å²) in [6.07, 6.45) is -2.74. The molecule has 1 amide bonds. The predicted molar refractivity (Wildman–Crippen MR) is 65.4 cm³/mol. The Morgan fingerprint density at radius 1 is 1.39 bits per heavy atom. The highest BCUT2D eigenvalue weighted by Crippen LogP contribution is 2.26. The summed E-state index contributed by atoms with van der Waals surface area (Å²) in [5.74, 6) is -0.675. The van der Waals surface area contributed by atoms with Gasteiger partial charge in [-0.3, -0.25) is 4.79 Å². The Morgan fingerprint density at radius 2 is 1.89 bits per heavy atom. The number of nitrogens with two attached hydrogens (primary N) is 1. The molecule has 96 valence electrons. The summed E-state index contributed by atoms with van der Waals surface area (Å²) in [6, 6.07) is 5.27. The number of carbonyl (C=O) groups is 1. The van der Waals surface area contributed by atoms with Crippen molar-refractivity contribution < 1.29 is 15.0 Å². The Kier molecular flexibility index (Phi) is 4.43. The lowest BCUT2D eigenvalue weighted by molar-refractivity contribution is -0.121. The topological polar surface area (TPSA) is 107 Å². The number of amides is 1. The van der Waals surface area contributed by atoms with Gasteiger partial charge in [0.05, 0.1) is 24.2 Å². The first-order valence-corrected chi connectivity index (χ1v) is 5.52. The van der Waals surface area contributed by atoms with Gasteiger partial charge in [0, 0.05) is 0 Å². The highest BCUT2D eigenvalue weighted by molar-refractivity contribution is 5.74. The lowest BCUT2D eigenvalue weighted by Crippen LogP contribution is -2.26. The molecule has 0 aliphatic carbocycles. The summed E-state index contributed by atoms with van der Waals surface area (Å²) in [5.41, 5.74) is 7.39. The predicted octanol–water partition coefficient (Wildman–Crippen LogP) is 0.445. The molecule has 0 heterocycles. The van der Waals surface area contributed by atoms with E-state index in [2.05, 4.69) is 0 Å². The summed E-state index contributed by atoms with van der Waals surface area (Å²) < 4.78 is 0. The fourth-order valence-electron chi connectivity index (χ4n) is 2.02. The van der Waals surface area contributed by atoms with Gasteiger partial charge in [0.1, 0.15) is 6.10 Å². The Bertz CT molecular complexity index is 482. The number of aliphatic hydroxyl groups is 2. The fourth-order valence-corrected chi connectivity index (χ4v) is 2.02. The molecule has 5 nitrogen and oxygen atoms in total.